The highest BCUT2D eigenvalue weighted by molar-refractivity contribution is 5.92. The Kier molecular flexibility index (Phi) is 6.36. The molecule has 30 heavy (non-hydrogen) atoms. The number of nitrogens with zero attached hydrogens (tertiary/aromatic N) is 3. The van der Waals surface area contributed by atoms with Crippen LogP contribution in [0.3, 0.4) is 0 Å². The summed E-state index contributed by atoms with van der Waals surface area (Å²) in [6.45, 7) is 3.85. The van der Waals surface area contributed by atoms with Crippen molar-refractivity contribution < 1.29 is 14.5 Å². The minimum absolute atomic E-state index is 0.00900. The molecule has 0 aliphatic heterocycles. The number of hydrogen-bond donors (Lipinski definition) is 1. The average molecular weight is 406 g/mol. The molecule has 0 radical (unpaired) electrons. The average Bonchev–Trinajstić information content (AvgIpc) is 2.75. The summed E-state index contributed by atoms with van der Waals surface area (Å²) in [5.41, 5.74) is 1.54. The van der Waals surface area contributed by atoms with Gasteiger partial charge in [-0.1, -0.05) is 32.1 Å². The maximum atomic E-state index is 12.2. The van der Waals surface area contributed by atoms with Gasteiger partial charge in [-0.3, -0.25) is 10.1 Å². The molecule has 0 aliphatic carbocycles. The van der Waals surface area contributed by atoms with E-state index >= 15 is 0 Å². The van der Waals surface area contributed by atoms with Gasteiger partial charge in [-0.15, -0.1) is 0 Å². The lowest BCUT2D eigenvalue weighted by molar-refractivity contribution is -0.384. The Bertz CT molecular complexity index is 1090. The fourth-order valence-corrected chi connectivity index (χ4v) is 2.93. The second-order valence-corrected chi connectivity index (χ2v) is 7.02. The standard InChI is InChI=1S/C22H22N4O4/c1-14(2)20(22(27)30-3)25-21-17-6-4-5-7-18(17)23-19(24-21)13-10-15-8-11-16(12-9-15)26(28)29/h4-14,20H,1-3H3,(H,23,24,25)/b13-10+/t20-/m0/s1. The summed E-state index contributed by atoms with van der Waals surface area (Å²) in [6.07, 6.45) is 3.50. The molecule has 1 atom stereocenters. The number of rotatable bonds is 7. The number of anilines is 1. The van der Waals surface area contributed by atoms with Gasteiger partial charge in [-0.25, -0.2) is 14.8 Å². The van der Waals surface area contributed by atoms with Gasteiger partial charge in [-0.2, -0.15) is 0 Å². The molecule has 8 heteroatoms. The number of methoxy groups -OCH3 is 1. The highest BCUT2D eigenvalue weighted by Gasteiger charge is 2.24. The number of hydrogen-bond acceptors (Lipinski definition) is 7. The number of aromatic nitrogens is 2. The summed E-state index contributed by atoms with van der Waals surface area (Å²) in [5, 5.41) is 14.8. The zero-order valence-electron chi connectivity index (χ0n) is 16.9. The van der Waals surface area contributed by atoms with Crippen LogP contribution in [-0.2, 0) is 9.53 Å². The second-order valence-electron chi connectivity index (χ2n) is 7.02. The van der Waals surface area contributed by atoms with E-state index in [1.54, 1.807) is 24.3 Å². The highest BCUT2D eigenvalue weighted by atomic mass is 16.6. The summed E-state index contributed by atoms with van der Waals surface area (Å²) >= 11 is 0. The van der Waals surface area contributed by atoms with Crippen LogP contribution in [0, 0.1) is 16.0 Å². The van der Waals surface area contributed by atoms with Crippen LogP contribution in [0.2, 0.25) is 0 Å². The Hall–Kier alpha value is -3.81. The van der Waals surface area contributed by atoms with Crippen molar-refractivity contribution in [1.82, 2.24) is 9.97 Å². The molecule has 8 nitrogen and oxygen atoms in total. The van der Waals surface area contributed by atoms with Gasteiger partial charge in [0.2, 0.25) is 0 Å². The van der Waals surface area contributed by atoms with Crippen LogP contribution in [0.25, 0.3) is 23.1 Å². The van der Waals surface area contributed by atoms with Crippen molar-refractivity contribution in [2.75, 3.05) is 12.4 Å². The van der Waals surface area contributed by atoms with Crippen molar-refractivity contribution in [3.05, 3.63) is 70.0 Å². The molecule has 1 heterocycles. The third-order valence-electron chi connectivity index (χ3n) is 4.56. The first-order valence-corrected chi connectivity index (χ1v) is 9.42. The quantitative estimate of drug-likeness (QED) is 0.354. The van der Waals surface area contributed by atoms with Gasteiger partial charge in [0.05, 0.1) is 17.5 Å². The van der Waals surface area contributed by atoms with Crippen molar-refractivity contribution in [3.63, 3.8) is 0 Å². The van der Waals surface area contributed by atoms with Crippen LogP contribution in [0.1, 0.15) is 25.2 Å². The van der Waals surface area contributed by atoms with Gasteiger partial charge in [0, 0.05) is 17.5 Å². The molecule has 0 saturated carbocycles. The molecule has 0 amide bonds. The molecule has 0 aliphatic rings. The van der Waals surface area contributed by atoms with Gasteiger partial charge in [0.25, 0.3) is 5.69 Å². The first-order valence-electron chi connectivity index (χ1n) is 9.42. The number of ether oxygens (including phenoxy) is 1. The molecule has 0 saturated heterocycles. The Morgan fingerprint density at radius 1 is 1.10 bits per heavy atom. The predicted molar refractivity (Wildman–Crippen MR) is 116 cm³/mol. The molecule has 0 fully saturated rings. The SMILES string of the molecule is COC(=O)[C@@H](Nc1nc(/C=C/c2ccc([N+](=O)[O-])cc2)nc2ccccc12)C(C)C. The number of nitrogens with one attached hydrogen (secondary N) is 1. The predicted octanol–water partition coefficient (Wildman–Crippen LogP) is 4.32. The van der Waals surface area contributed by atoms with Crippen molar-refractivity contribution in [1.29, 1.82) is 0 Å². The van der Waals surface area contributed by atoms with E-state index in [1.165, 1.54) is 19.2 Å². The Balaban J connectivity index is 1.96. The van der Waals surface area contributed by atoms with Crippen LogP contribution >= 0.6 is 0 Å². The fourth-order valence-electron chi connectivity index (χ4n) is 2.93. The summed E-state index contributed by atoms with van der Waals surface area (Å²) in [6, 6.07) is 13.1. The Labute approximate surface area is 173 Å². The molecule has 0 unspecified atom stereocenters. The number of carbonyl (C=O) groups is 1. The molecular weight excluding hydrogens is 384 g/mol. The number of nitro groups is 1. The summed E-state index contributed by atoms with van der Waals surface area (Å²) in [7, 11) is 1.36. The topological polar surface area (TPSA) is 107 Å². The van der Waals surface area contributed by atoms with Crippen molar-refractivity contribution >= 4 is 40.5 Å². The minimum atomic E-state index is -0.556. The van der Waals surface area contributed by atoms with Gasteiger partial charge in [-0.05, 0) is 41.8 Å². The van der Waals surface area contributed by atoms with Crippen molar-refractivity contribution in [2.45, 2.75) is 19.9 Å². The number of esters is 1. The molecule has 0 spiro atoms. The zero-order valence-corrected chi connectivity index (χ0v) is 16.9. The van der Waals surface area contributed by atoms with Crippen LogP contribution < -0.4 is 5.32 Å². The van der Waals surface area contributed by atoms with Gasteiger partial charge < -0.3 is 10.1 Å². The Morgan fingerprint density at radius 3 is 2.43 bits per heavy atom. The number of para-hydroxylation sites is 1. The van der Waals surface area contributed by atoms with Crippen LogP contribution in [0.15, 0.2) is 48.5 Å². The van der Waals surface area contributed by atoms with E-state index in [0.717, 1.165) is 16.5 Å². The summed E-state index contributed by atoms with van der Waals surface area (Å²) in [5.74, 6) is 0.607. The first-order chi connectivity index (χ1) is 14.4. The van der Waals surface area contributed by atoms with Crippen LogP contribution in [-0.4, -0.2) is 34.0 Å². The van der Waals surface area contributed by atoms with Crippen molar-refractivity contribution in [2.24, 2.45) is 5.92 Å². The highest BCUT2D eigenvalue weighted by Crippen LogP contribution is 2.23. The maximum Gasteiger partial charge on any atom is 0.328 e. The normalized spacial score (nSPS) is 12.3. The number of nitro benzene ring substituents is 1. The molecule has 0 bridgehead atoms. The maximum absolute atomic E-state index is 12.2. The molecular formula is C22H22N4O4. The smallest absolute Gasteiger partial charge is 0.328 e. The van der Waals surface area contributed by atoms with Crippen LogP contribution in [0.4, 0.5) is 11.5 Å². The molecule has 2 aromatic carbocycles. The van der Waals surface area contributed by atoms with Gasteiger partial charge >= 0.3 is 5.97 Å². The zero-order chi connectivity index (χ0) is 21.7. The van der Waals surface area contributed by atoms with E-state index < -0.39 is 11.0 Å². The molecule has 1 aromatic heterocycles. The largest absolute Gasteiger partial charge is 0.467 e. The van der Waals surface area contributed by atoms with E-state index in [-0.39, 0.29) is 17.6 Å². The monoisotopic (exact) mass is 406 g/mol. The number of benzene rings is 2. The van der Waals surface area contributed by atoms with E-state index in [9.17, 15) is 14.9 Å². The van der Waals surface area contributed by atoms with Crippen molar-refractivity contribution in [3.8, 4) is 0 Å². The van der Waals surface area contributed by atoms with E-state index in [0.29, 0.717) is 11.6 Å². The van der Waals surface area contributed by atoms with Crippen LogP contribution in [0.5, 0.6) is 0 Å². The summed E-state index contributed by atoms with van der Waals surface area (Å²) < 4.78 is 4.91. The van der Waals surface area contributed by atoms with Gasteiger partial charge in [0.15, 0.2) is 5.82 Å². The second kappa shape index (κ2) is 9.13. The molecule has 3 rings (SSSR count). The molecule has 154 valence electrons. The minimum Gasteiger partial charge on any atom is -0.467 e. The summed E-state index contributed by atoms with van der Waals surface area (Å²) in [4.78, 5) is 31.6. The third-order valence-corrected chi connectivity index (χ3v) is 4.56. The Morgan fingerprint density at radius 2 is 1.80 bits per heavy atom. The lowest BCUT2D eigenvalue weighted by Crippen LogP contribution is -2.36. The lowest BCUT2D eigenvalue weighted by atomic mass is 10.0. The lowest BCUT2D eigenvalue weighted by Gasteiger charge is -2.21. The van der Waals surface area contributed by atoms with E-state index in [2.05, 4.69) is 15.3 Å². The third kappa shape index (κ3) is 4.78. The molecule has 3 aromatic rings. The molecule has 1 N–H and O–H groups in total. The number of carbonyl (C=O) groups excluding carboxylic acids is 1. The first kappa shape index (κ1) is 20.9. The van der Waals surface area contributed by atoms with E-state index in [1.807, 2.05) is 38.1 Å². The van der Waals surface area contributed by atoms with Gasteiger partial charge in [0.1, 0.15) is 11.9 Å². The number of non-ortho nitro benzene ring substituents is 1. The van der Waals surface area contributed by atoms with E-state index in [4.69, 9.17) is 4.74 Å². The number of fused-ring (bicyclic) bond motifs is 1. The fraction of sp³-hybridized carbons (Fsp3) is 0.227.